The number of ether oxygens (including phenoxy) is 1. The van der Waals surface area contributed by atoms with E-state index in [9.17, 15) is 9.18 Å². The monoisotopic (exact) mass is 226 g/mol. The number of benzene rings is 1. The Morgan fingerprint density at radius 2 is 2.40 bits per heavy atom. The highest BCUT2D eigenvalue weighted by atomic mass is 35.5. The molecule has 0 radical (unpaired) electrons. The predicted molar refractivity (Wildman–Crippen MR) is 54.8 cm³/mol. The highest BCUT2D eigenvalue weighted by Gasteiger charge is 2.13. The lowest BCUT2D eigenvalue weighted by Gasteiger charge is -2.11. The van der Waals surface area contributed by atoms with Crippen LogP contribution in [0.25, 0.3) is 0 Å². The van der Waals surface area contributed by atoms with Gasteiger partial charge in [0.05, 0.1) is 0 Å². The summed E-state index contributed by atoms with van der Waals surface area (Å²) in [6.45, 7) is 0. The molecule has 0 N–H and O–H groups in total. The van der Waals surface area contributed by atoms with Gasteiger partial charge in [-0.05, 0) is 12.1 Å². The van der Waals surface area contributed by atoms with Gasteiger partial charge in [-0.3, -0.25) is 4.79 Å². The zero-order chi connectivity index (χ0) is 11.3. The molecule has 1 rings (SSSR count). The topological polar surface area (TPSA) is 26.3 Å². The number of carbonyl (C=O) groups excluding carboxylic acids is 1. The number of alkyl halides is 1. The summed E-state index contributed by atoms with van der Waals surface area (Å²) in [5.41, 5.74) is 0.413. The highest BCUT2D eigenvalue weighted by molar-refractivity contribution is 6.26. The number of hydrogen-bond acceptors (Lipinski definition) is 2. The van der Waals surface area contributed by atoms with E-state index in [1.807, 2.05) is 0 Å². The Hall–Kier alpha value is -1.53. The van der Waals surface area contributed by atoms with Crippen LogP contribution in [0.5, 0.6) is 0 Å². The molecule has 1 aromatic carbocycles. The normalized spacial score (nSPS) is 11.5. The molecule has 1 atom stereocenters. The maximum absolute atomic E-state index is 12.8. The van der Waals surface area contributed by atoms with Gasteiger partial charge in [-0.2, -0.15) is 0 Å². The van der Waals surface area contributed by atoms with Gasteiger partial charge in [-0.15, -0.1) is 18.0 Å². The Kier molecular flexibility index (Phi) is 4.14. The Bertz CT molecular complexity index is 398. The molecule has 4 heteroatoms. The molecule has 0 unspecified atom stereocenters. The minimum absolute atomic E-state index is 0.284. The van der Waals surface area contributed by atoms with Crippen molar-refractivity contribution in [1.82, 2.24) is 0 Å². The van der Waals surface area contributed by atoms with Crippen LogP contribution in [0.1, 0.15) is 11.7 Å². The molecule has 0 aliphatic heterocycles. The van der Waals surface area contributed by atoms with E-state index in [-0.39, 0.29) is 5.88 Å². The van der Waals surface area contributed by atoms with E-state index in [1.165, 1.54) is 18.2 Å². The van der Waals surface area contributed by atoms with Crippen LogP contribution in [-0.2, 0) is 9.53 Å². The number of halogens is 2. The van der Waals surface area contributed by atoms with Crippen LogP contribution in [-0.4, -0.2) is 11.8 Å². The summed E-state index contributed by atoms with van der Waals surface area (Å²) in [5.74, 6) is 0.887. The maximum atomic E-state index is 12.8. The molecular formula is C11H8ClFO2. The smallest absolute Gasteiger partial charge is 0.322 e. The first-order chi connectivity index (χ1) is 7.17. The fourth-order valence-corrected chi connectivity index (χ4v) is 1.09. The average molecular weight is 227 g/mol. The Morgan fingerprint density at radius 3 is 2.93 bits per heavy atom. The third kappa shape index (κ3) is 3.26. The van der Waals surface area contributed by atoms with Crippen molar-refractivity contribution in [1.29, 1.82) is 0 Å². The van der Waals surface area contributed by atoms with Gasteiger partial charge >= 0.3 is 5.97 Å². The van der Waals surface area contributed by atoms with Crippen molar-refractivity contribution >= 4 is 17.6 Å². The van der Waals surface area contributed by atoms with Gasteiger partial charge in [-0.25, -0.2) is 4.39 Å². The van der Waals surface area contributed by atoms with Gasteiger partial charge in [0.25, 0.3) is 0 Å². The Balaban J connectivity index is 2.84. The van der Waals surface area contributed by atoms with E-state index in [4.69, 9.17) is 22.8 Å². The van der Waals surface area contributed by atoms with E-state index in [0.29, 0.717) is 5.56 Å². The van der Waals surface area contributed by atoms with E-state index >= 15 is 0 Å². The largest absolute Gasteiger partial charge is 0.443 e. The third-order valence-electron chi connectivity index (χ3n) is 1.66. The van der Waals surface area contributed by atoms with Crippen molar-refractivity contribution in [2.75, 3.05) is 5.88 Å². The quantitative estimate of drug-likeness (QED) is 0.449. The SMILES string of the molecule is C#C[C@H](OC(=O)CCl)c1cccc(F)c1. The maximum Gasteiger partial charge on any atom is 0.322 e. The number of rotatable bonds is 3. The minimum atomic E-state index is -0.896. The number of terminal acetylenes is 1. The number of esters is 1. The summed E-state index contributed by atoms with van der Waals surface area (Å²) >= 11 is 5.25. The second-order valence-electron chi connectivity index (χ2n) is 2.73. The number of hydrogen-bond donors (Lipinski definition) is 0. The zero-order valence-electron chi connectivity index (χ0n) is 7.74. The first kappa shape index (κ1) is 11.5. The second kappa shape index (κ2) is 5.38. The summed E-state index contributed by atoms with van der Waals surface area (Å²) in [7, 11) is 0. The fourth-order valence-electron chi connectivity index (χ4n) is 1.03. The van der Waals surface area contributed by atoms with Crippen molar-refractivity contribution in [3.05, 3.63) is 35.6 Å². The summed E-state index contributed by atoms with van der Waals surface area (Å²) < 4.78 is 17.7. The summed E-state index contributed by atoms with van der Waals surface area (Å²) in [6, 6.07) is 5.56. The molecule has 0 saturated carbocycles. The molecule has 0 saturated heterocycles. The van der Waals surface area contributed by atoms with Gasteiger partial charge in [0, 0.05) is 5.56 Å². The second-order valence-corrected chi connectivity index (χ2v) is 2.99. The van der Waals surface area contributed by atoms with Crippen LogP contribution in [0, 0.1) is 18.2 Å². The molecule has 0 aromatic heterocycles. The molecule has 0 spiro atoms. The summed E-state index contributed by atoms with van der Waals surface area (Å²) in [4.78, 5) is 10.9. The van der Waals surface area contributed by atoms with Crippen molar-refractivity contribution in [3.8, 4) is 12.3 Å². The van der Waals surface area contributed by atoms with Crippen molar-refractivity contribution in [2.45, 2.75) is 6.10 Å². The van der Waals surface area contributed by atoms with Crippen LogP contribution >= 0.6 is 11.6 Å². The first-order valence-electron chi connectivity index (χ1n) is 4.14. The van der Waals surface area contributed by atoms with E-state index in [1.54, 1.807) is 6.07 Å². The Labute approximate surface area is 92.0 Å². The van der Waals surface area contributed by atoms with Crippen molar-refractivity contribution in [3.63, 3.8) is 0 Å². The van der Waals surface area contributed by atoms with Crippen LogP contribution < -0.4 is 0 Å². The molecule has 15 heavy (non-hydrogen) atoms. The van der Waals surface area contributed by atoms with Gasteiger partial charge in [-0.1, -0.05) is 18.1 Å². The summed E-state index contributed by atoms with van der Waals surface area (Å²) in [5, 5.41) is 0. The standard InChI is InChI=1S/C11H8ClFO2/c1-2-10(15-11(14)7-12)8-4-3-5-9(13)6-8/h1,3-6,10H,7H2/t10-/m0/s1. The van der Waals surface area contributed by atoms with Crippen LogP contribution in [0.15, 0.2) is 24.3 Å². The molecule has 78 valence electrons. The molecular weight excluding hydrogens is 219 g/mol. The van der Waals surface area contributed by atoms with Gasteiger partial charge in [0.15, 0.2) is 6.10 Å². The molecule has 0 aliphatic carbocycles. The number of carbonyl (C=O) groups is 1. The molecule has 0 aliphatic rings. The third-order valence-corrected chi connectivity index (χ3v) is 1.88. The van der Waals surface area contributed by atoms with Crippen LogP contribution in [0.4, 0.5) is 4.39 Å². The first-order valence-corrected chi connectivity index (χ1v) is 4.68. The molecule has 2 nitrogen and oxygen atoms in total. The summed E-state index contributed by atoms with van der Waals surface area (Å²) in [6.07, 6.45) is 4.27. The van der Waals surface area contributed by atoms with E-state index in [2.05, 4.69) is 5.92 Å². The van der Waals surface area contributed by atoms with Crippen molar-refractivity contribution < 1.29 is 13.9 Å². The van der Waals surface area contributed by atoms with Gasteiger partial charge < -0.3 is 4.74 Å². The van der Waals surface area contributed by atoms with Crippen molar-refractivity contribution in [2.24, 2.45) is 0 Å². The highest BCUT2D eigenvalue weighted by Crippen LogP contribution is 2.17. The zero-order valence-corrected chi connectivity index (χ0v) is 8.50. The Morgan fingerprint density at radius 1 is 1.67 bits per heavy atom. The lowest BCUT2D eigenvalue weighted by atomic mass is 10.1. The van der Waals surface area contributed by atoms with Crippen LogP contribution in [0.2, 0.25) is 0 Å². The molecule has 0 heterocycles. The molecule has 0 fully saturated rings. The van der Waals surface area contributed by atoms with E-state index in [0.717, 1.165) is 0 Å². The lowest BCUT2D eigenvalue weighted by Crippen LogP contribution is -2.11. The van der Waals surface area contributed by atoms with Gasteiger partial charge in [0.1, 0.15) is 11.7 Å². The fraction of sp³-hybridized carbons (Fsp3) is 0.182. The van der Waals surface area contributed by atoms with Crippen LogP contribution in [0.3, 0.4) is 0 Å². The van der Waals surface area contributed by atoms with Gasteiger partial charge in [0.2, 0.25) is 0 Å². The molecule has 1 aromatic rings. The molecule has 0 bridgehead atoms. The van der Waals surface area contributed by atoms with E-state index < -0.39 is 17.9 Å². The molecule has 0 amide bonds. The minimum Gasteiger partial charge on any atom is -0.443 e. The predicted octanol–water partition coefficient (Wildman–Crippen LogP) is 2.28. The lowest BCUT2D eigenvalue weighted by molar-refractivity contribution is -0.143. The average Bonchev–Trinajstić information content (AvgIpc) is 2.25.